The van der Waals surface area contributed by atoms with E-state index in [1.165, 1.54) is 16.3 Å². The first-order chi connectivity index (χ1) is 9.38. The lowest BCUT2D eigenvalue weighted by molar-refractivity contribution is 0.334. The molecule has 0 aliphatic heterocycles. The fourth-order valence-electron chi connectivity index (χ4n) is 2.08. The van der Waals surface area contributed by atoms with Crippen LogP contribution in [-0.2, 0) is 17.3 Å². The van der Waals surface area contributed by atoms with Gasteiger partial charge in [-0.05, 0) is 35.6 Å². The molecule has 0 bridgehead atoms. The molecule has 2 rings (SSSR count). The molecule has 0 aliphatic rings. The summed E-state index contributed by atoms with van der Waals surface area (Å²) < 4.78 is 5.85. The molecule has 0 N–H and O–H groups in total. The maximum absolute atomic E-state index is 5.85. The Morgan fingerprint density at radius 3 is 2.32 bits per heavy atom. The summed E-state index contributed by atoms with van der Waals surface area (Å²) in [6.45, 7) is 3.07. The second-order valence-corrected chi connectivity index (χ2v) is 6.33. The smallest absolute Gasteiger partial charge is 0.192 e. The molecule has 19 heavy (non-hydrogen) atoms. The summed E-state index contributed by atoms with van der Waals surface area (Å²) in [6.07, 6.45) is 3.34. The molecule has 0 unspecified atom stereocenters. The maximum Gasteiger partial charge on any atom is 0.192 e. The largest absolute Gasteiger partial charge is 0.419 e. The van der Waals surface area contributed by atoms with Crippen molar-refractivity contribution in [2.45, 2.75) is 26.2 Å². The summed E-state index contributed by atoms with van der Waals surface area (Å²) >= 11 is 0. The fraction of sp³-hybridized carbons (Fsp3) is 0.294. The van der Waals surface area contributed by atoms with Crippen LogP contribution in [0.1, 0.15) is 24.5 Å². The van der Waals surface area contributed by atoms with Crippen LogP contribution in [-0.4, -0.2) is 16.4 Å². The number of rotatable bonds is 7. The number of aryl methyl sites for hydroxylation is 2. The van der Waals surface area contributed by atoms with Gasteiger partial charge in [0.25, 0.3) is 0 Å². The van der Waals surface area contributed by atoms with Gasteiger partial charge >= 0.3 is 0 Å². The first-order valence-corrected chi connectivity index (χ1v) is 8.36. The molecule has 0 radical (unpaired) electrons. The van der Waals surface area contributed by atoms with Crippen LogP contribution in [0.2, 0.25) is 0 Å². The number of hydrogen-bond donors (Lipinski definition) is 0. The summed E-state index contributed by atoms with van der Waals surface area (Å²) in [6, 6.07) is 19.5. The van der Waals surface area contributed by atoms with E-state index in [0.717, 1.165) is 25.9 Å². The average Bonchev–Trinajstić information content (AvgIpc) is 2.49. The van der Waals surface area contributed by atoms with Gasteiger partial charge in [-0.1, -0.05) is 61.5 Å². The van der Waals surface area contributed by atoms with Crippen LogP contribution in [0.5, 0.6) is 0 Å². The van der Waals surface area contributed by atoms with E-state index < -0.39 is 9.76 Å². The normalized spacial score (nSPS) is 11.2. The molecule has 1 nitrogen and oxygen atoms in total. The first-order valence-electron chi connectivity index (χ1n) is 7.08. The van der Waals surface area contributed by atoms with Gasteiger partial charge in [0.2, 0.25) is 0 Å². The third kappa shape index (κ3) is 5.01. The monoisotopic (exact) mass is 270 g/mol. The molecular weight excluding hydrogens is 248 g/mol. The van der Waals surface area contributed by atoms with Crippen molar-refractivity contribution < 1.29 is 4.43 Å². The first kappa shape index (κ1) is 14.0. The van der Waals surface area contributed by atoms with E-state index in [-0.39, 0.29) is 0 Å². The van der Waals surface area contributed by atoms with Gasteiger partial charge in [0.05, 0.1) is 0 Å². The molecule has 0 amide bonds. The van der Waals surface area contributed by atoms with Crippen molar-refractivity contribution in [3.63, 3.8) is 0 Å². The van der Waals surface area contributed by atoms with Gasteiger partial charge in [-0.15, -0.1) is 0 Å². The lowest BCUT2D eigenvalue weighted by atomic mass is 10.1. The predicted octanol–water partition coefficient (Wildman–Crippen LogP) is 2.61. The number of hydrogen-bond acceptors (Lipinski definition) is 1. The summed E-state index contributed by atoms with van der Waals surface area (Å²) in [5.74, 6) is 0. The second kappa shape index (κ2) is 7.92. The van der Waals surface area contributed by atoms with Gasteiger partial charge in [0.15, 0.2) is 9.76 Å². The molecule has 0 heterocycles. The lowest BCUT2D eigenvalue weighted by Gasteiger charge is -2.05. The van der Waals surface area contributed by atoms with E-state index >= 15 is 0 Å². The van der Waals surface area contributed by atoms with Crippen molar-refractivity contribution in [2.24, 2.45) is 0 Å². The highest BCUT2D eigenvalue weighted by Crippen LogP contribution is 2.02. The van der Waals surface area contributed by atoms with E-state index in [1.54, 1.807) is 0 Å². The molecule has 0 saturated heterocycles. The van der Waals surface area contributed by atoms with Crippen LogP contribution in [0.3, 0.4) is 0 Å². The fourth-order valence-corrected chi connectivity index (χ4v) is 3.10. The zero-order valence-corrected chi connectivity index (χ0v) is 13.1. The molecule has 0 aliphatic carbocycles. The molecule has 0 aromatic heterocycles. The van der Waals surface area contributed by atoms with Crippen molar-refractivity contribution in [2.75, 3.05) is 6.61 Å². The van der Waals surface area contributed by atoms with Gasteiger partial charge < -0.3 is 4.43 Å². The van der Waals surface area contributed by atoms with E-state index in [1.807, 2.05) is 0 Å². The molecular formula is C17H22OSi. The van der Waals surface area contributed by atoms with Crippen molar-refractivity contribution in [3.8, 4) is 0 Å². The van der Waals surface area contributed by atoms with Crippen molar-refractivity contribution in [1.29, 1.82) is 0 Å². The van der Waals surface area contributed by atoms with Gasteiger partial charge in [-0.3, -0.25) is 0 Å². The molecule has 0 fully saturated rings. The molecule has 2 aromatic carbocycles. The van der Waals surface area contributed by atoms with Crippen LogP contribution < -0.4 is 5.19 Å². The molecule has 100 valence electrons. The van der Waals surface area contributed by atoms with Gasteiger partial charge in [-0.25, -0.2) is 0 Å². The van der Waals surface area contributed by atoms with Crippen LogP contribution in [0.4, 0.5) is 0 Å². The molecule has 2 heteroatoms. The van der Waals surface area contributed by atoms with Crippen molar-refractivity contribution in [1.82, 2.24) is 0 Å². The Morgan fingerprint density at radius 2 is 1.63 bits per heavy atom. The standard InChI is InChI=1S/C17H22OSi/c1-2-15-10-12-17(13-11-15)19-18-14-6-9-16-7-4-3-5-8-16/h3-5,7-8,10-13H,2,6,9,14,19H2,1H3. The summed E-state index contributed by atoms with van der Waals surface area (Å²) in [4.78, 5) is 0. The minimum absolute atomic E-state index is 0.535. The van der Waals surface area contributed by atoms with Crippen molar-refractivity contribution >= 4 is 14.9 Å². The highest BCUT2D eigenvalue weighted by atomic mass is 28.2. The van der Waals surface area contributed by atoms with E-state index in [4.69, 9.17) is 4.43 Å². The Balaban J connectivity index is 1.63. The van der Waals surface area contributed by atoms with Gasteiger partial charge in [0.1, 0.15) is 0 Å². The third-order valence-electron chi connectivity index (χ3n) is 3.30. The Morgan fingerprint density at radius 1 is 0.895 bits per heavy atom. The average molecular weight is 270 g/mol. The summed E-state index contributed by atoms with van der Waals surface area (Å²) in [7, 11) is -0.535. The Bertz CT molecular complexity index is 464. The van der Waals surface area contributed by atoms with Gasteiger partial charge in [-0.2, -0.15) is 0 Å². The predicted molar refractivity (Wildman–Crippen MR) is 84.7 cm³/mol. The summed E-state index contributed by atoms with van der Waals surface area (Å²) in [5.41, 5.74) is 2.81. The van der Waals surface area contributed by atoms with E-state index in [9.17, 15) is 0 Å². The molecule has 0 spiro atoms. The Kier molecular flexibility index (Phi) is 5.85. The van der Waals surface area contributed by atoms with Crippen molar-refractivity contribution in [3.05, 3.63) is 65.7 Å². The lowest BCUT2D eigenvalue weighted by Crippen LogP contribution is -2.18. The molecule has 0 saturated carbocycles. The maximum atomic E-state index is 5.85. The summed E-state index contributed by atoms with van der Waals surface area (Å²) in [5, 5.41) is 1.40. The topological polar surface area (TPSA) is 9.23 Å². The van der Waals surface area contributed by atoms with Crippen LogP contribution in [0.25, 0.3) is 0 Å². The van der Waals surface area contributed by atoms with E-state index in [2.05, 4.69) is 61.5 Å². The Labute approximate surface area is 118 Å². The van der Waals surface area contributed by atoms with Crippen LogP contribution in [0.15, 0.2) is 54.6 Å². The minimum atomic E-state index is -0.535. The SMILES string of the molecule is CCc1ccc([SiH2]OCCCc2ccccc2)cc1. The highest BCUT2D eigenvalue weighted by molar-refractivity contribution is 6.46. The molecule has 2 aromatic rings. The molecule has 0 atom stereocenters. The highest BCUT2D eigenvalue weighted by Gasteiger charge is 1.96. The second-order valence-electron chi connectivity index (χ2n) is 4.81. The van der Waals surface area contributed by atoms with Crippen LogP contribution >= 0.6 is 0 Å². The van der Waals surface area contributed by atoms with E-state index in [0.29, 0.717) is 0 Å². The zero-order valence-electron chi connectivity index (χ0n) is 11.6. The minimum Gasteiger partial charge on any atom is -0.419 e. The van der Waals surface area contributed by atoms with Gasteiger partial charge in [0, 0.05) is 6.61 Å². The Hall–Kier alpha value is -1.38. The zero-order chi connectivity index (χ0) is 13.3. The quantitative estimate of drug-likeness (QED) is 0.555. The van der Waals surface area contributed by atoms with Crippen LogP contribution in [0, 0.1) is 0 Å². The number of benzene rings is 2. The third-order valence-corrected chi connectivity index (χ3v) is 4.59.